The first-order valence-corrected chi connectivity index (χ1v) is 13.2. The van der Waals surface area contributed by atoms with Crippen molar-refractivity contribution in [2.75, 3.05) is 13.1 Å². The molecular formula is C27H36FN3O3S2. The summed E-state index contributed by atoms with van der Waals surface area (Å²) in [6, 6.07) is 12.6. The van der Waals surface area contributed by atoms with Crippen LogP contribution >= 0.6 is 23.7 Å². The van der Waals surface area contributed by atoms with E-state index in [2.05, 4.69) is 35.8 Å². The molecule has 6 nitrogen and oxygen atoms in total. The van der Waals surface area contributed by atoms with Crippen LogP contribution in [0.2, 0.25) is 0 Å². The van der Waals surface area contributed by atoms with Crippen molar-refractivity contribution in [2.24, 2.45) is 5.92 Å². The molecule has 0 bridgehead atoms. The monoisotopic (exact) mass is 533 g/mol. The summed E-state index contributed by atoms with van der Waals surface area (Å²) in [5.41, 5.74) is 1.97. The van der Waals surface area contributed by atoms with Crippen LogP contribution in [0.1, 0.15) is 38.3 Å². The zero-order valence-electron chi connectivity index (χ0n) is 21.5. The number of carbonyl (C=O) groups excluding carboxylic acids is 3. The van der Waals surface area contributed by atoms with E-state index < -0.39 is 0 Å². The van der Waals surface area contributed by atoms with Crippen molar-refractivity contribution in [1.29, 1.82) is 0 Å². The van der Waals surface area contributed by atoms with Crippen molar-refractivity contribution < 1.29 is 18.8 Å². The second-order valence-corrected chi connectivity index (χ2v) is 10.7. The lowest BCUT2D eigenvalue weighted by molar-refractivity contribution is -0.119. The molecule has 0 saturated carbocycles. The summed E-state index contributed by atoms with van der Waals surface area (Å²) in [4.78, 5) is 35.6. The fourth-order valence-electron chi connectivity index (χ4n) is 3.06. The van der Waals surface area contributed by atoms with Crippen LogP contribution in [0.25, 0.3) is 0 Å². The largest absolute Gasteiger partial charge is 0.352 e. The smallest absolute Gasteiger partial charge is 0.257 e. The summed E-state index contributed by atoms with van der Waals surface area (Å²) in [6.45, 7) is 14.2. The minimum absolute atomic E-state index is 0.0134. The Morgan fingerprint density at radius 2 is 1.72 bits per heavy atom. The lowest BCUT2D eigenvalue weighted by Crippen LogP contribution is -2.33. The van der Waals surface area contributed by atoms with Crippen LogP contribution in [0.4, 0.5) is 4.39 Å². The number of benzene rings is 2. The van der Waals surface area contributed by atoms with Gasteiger partial charge in [0, 0.05) is 15.8 Å². The fraction of sp³-hybridized carbons (Fsp3) is 0.370. The Labute approximate surface area is 222 Å². The van der Waals surface area contributed by atoms with Crippen LogP contribution in [-0.2, 0) is 14.4 Å². The number of amides is 2. The number of aryl methyl sites for hydroxylation is 2. The average molecular weight is 534 g/mol. The van der Waals surface area contributed by atoms with Crippen LogP contribution in [0.15, 0.2) is 63.7 Å². The molecule has 1 unspecified atom stereocenters. The number of Topliss-reactive ketones (excluding diaryl/α,β-unsaturated/α-hetero) is 1. The molecule has 2 amide bonds. The van der Waals surface area contributed by atoms with Gasteiger partial charge in [0.25, 0.3) is 5.91 Å². The van der Waals surface area contributed by atoms with Gasteiger partial charge in [0.15, 0.2) is 5.78 Å². The van der Waals surface area contributed by atoms with Crippen molar-refractivity contribution in [3.05, 3.63) is 70.9 Å². The Kier molecular flexibility index (Phi) is 14.8. The van der Waals surface area contributed by atoms with Crippen molar-refractivity contribution in [2.45, 2.75) is 56.9 Å². The Morgan fingerprint density at radius 1 is 1.03 bits per heavy atom. The second-order valence-electron chi connectivity index (χ2n) is 8.67. The molecule has 0 radical (unpaired) electrons. The highest BCUT2D eigenvalue weighted by Gasteiger charge is 2.13. The summed E-state index contributed by atoms with van der Waals surface area (Å²) >= 11 is 2.70. The molecule has 196 valence electrons. The zero-order valence-corrected chi connectivity index (χ0v) is 23.2. The topological polar surface area (TPSA) is 87.3 Å². The number of hydrogen-bond acceptors (Lipinski definition) is 6. The van der Waals surface area contributed by atoms with Crippen molar-refractivity contribution in [3.8, 4) is 0 Å². The van der Waals surface area contributed by atoms with E-state index in [1.165, 1.54) is 35.8 Å². The molecule has 0 aliphatic carbocycles. The Hall–Kier alpha value is -2.62. The maximum absolute atomic E-state index is 12.8. The third-order valence-corrected chi connectivity index (χ3v) is 6.83. The van der Waals surface area contributed by atoms with Gasteiger partial charge >= 0.3 is 0 Å². The van der Waals surface area contributed by atoms with E-state index in [-0.39, 0.29) is 36.6 Å². The van der Waals surface area contributed by atoms with Gasteiger partial charge in [-0.05, 0) is 80.5 Å². The van der Waals surface area contributed by atoms with Crippen molar-refractivity contribution >= 4 is 41.8 Å². The maximum atomic E-state index is 12.8. The predicted molar refractivity (Wildman–Crippen MR) is 147 cm³/mol. The summed E-state index contributed by atoms with van der Waals surface area (Å²) < 4.78 is 15.7. The molecule has 0 aliphatic rings. The van der Waals surface area contributed by atoms with E-state index in [9.17, 15) is 18.8 Å². The predicted octanol–water partition coefficient (Wildman–Crippen LogP) is 5.20. The van der Waals surface area contributed by atoms with Crippen LogP contribution in [0.5, 0.6) is 0 Å². The molecule has 2 rings (SSSR count). The third kappa shape index (κ3) is 12.9. The average Bonchev–Trinajstić information content (AvgIpc) is 2.80. The molecule has 0 aromatic heterocycles. The number of thioether (sulfide) groups is 1. The van der Waals surface area contributed by atoms with Gasteiger partial charge in [0.05, 0.1) is 18.0 Å². The minimum Gasteiger partial charge on any atom is -0.352 e. The zero-order chi connectivity index (χ0) is 27.1. The number of hydrogen-bond donors (Lipinski definition) is 3. The Bertz CT molecular complexity index is 1030. The molecule has 36 heavy (non-hydrogen) atoms. The highest BCUT2D eigenvalue weighted by atomic mass is 32.2. The number of halogens is 1. The SMILES string of the molecule is C=C(Sc1ccccc1C)C(=O)NC(C)CC(C)C.Cc1cc(F)ccc1SNCC(=O)CNC=O. The summed E-state index contributed by atoms with van der Waals surface area (Å²) in [6.07, 6.45) is 1.46. The lowest BCUT2D eigenvalue weighted by atomic mass is 10.1. The Balaban J connectivity index is 0.000000362. The molecule has 2 aromatic rings. The first-order valence-electron chi connectivity index (χ1n) is 11.6. The maximum Gasteiger partial charge on any atom is 0.257 e. The van der Waals surface area contributed by atoms with E-state index in [4.69, 9.17) is 0 Å². The number of carbonyl (C=O) groups is 3. The standard InChI is InChI=1S/C16H23NOS.C11H13FN2O2S/c1-11(2)10-13(4)17-16(18)14(5)19-15-9-7-6-8-12(15)3;1-8-4-9(12)2-3-11(8)17-14-6-10(16)5-13-7-15/h6-9,11,13H,5,10H2,1-4H3,(H,17,18);2-4,7,14H,5-6H2,1H3,(H,13,15). The van der Waals surface area contributed by atoms with Gasteiger partial charge in [-0.25, -0.2) is 4.39 Å². The second kappa shape index (κ2) is 16.9. The van der Waals surface area contributed by atoms with Gasteiger partial charge in [-0.2, -0.15) is 0 Å². The van der Waals surface area contributed by atoms with Crippen molar-refractivity contribution in [3.63, 3.8) is 0 Å². The lowest BCUT2D eigenvalue weighted by Gasteiger charge is -2.16. The molecule has 0 saturated heterocycles. The molecule has 9 heteroatoms. The van der Waals surface area contributed by atoms with Crippen LogP contribution in [0.3, 0.4) is 0 Å². The van der Waals surface area contributed by atoms with Gasteiger partial charge in [0.1, 0.15) is 5.82 Å². The number of ketones is 1. The van der Waals surface area contributed by atoms with Gasteiger partial charge in [0.2, 0.25) is 6.41 Å². The summed E-state index contributed by atoms with van der Waals surface area (Å²) in [5.74, 6) is 0.108. The first kappa shape index (κ1) is 31.4. The van der Waals surface area contributed by atoms with Gasteiger partial charge in [-0.3, -0.25) is 19.1 Å². The molecule has 1 atom stereocenters. The third-order valence-electron chi connectivity index (χ3n) is 4.75. The van der Waals surface area contributed by atoms with Crippen LogP contribution in [-0.4, -0.2) is 37.2 Å². The van der Waals surface area contributed by atoms with Gasteiger partial charge in [-0.1, -0.05) is 50.4 Å². The Morgan fingerprint density at radius 3 is 2.33 bits per heavy atom. The van der Waals surface area contributed by atoms with Gasteiger partial charge in [-0.15, -0.1) is 0 Å². The van der Waals surface area contributed by atoms with E-state index in [1.54, 1.807) is 13.0 Å². The fourth-order valence-corrected chi connectivity index (χ4v) is 4.60. The molecule has 3 N–H and O–H groups in total. The molecule has 0 aliphatic heterocycles. The summed E-state index contributed by atoms with van der Waals surface area (Å²) in [5, 5.41) is 5.28. The normalized spacial score (nSPS) is 11.2. The molecule has 0 spiro atoms. The van der Waals surface area contributed by atoms with Crippen LogP contribution < -0.4 is 15.4 Å². The van der Waals surface area contributed by atoms with Crippen molar-refractivity contribution in [1.82, 2.24) is 15.4 Å². The van der Waals surface area contributed by atoms with E-state index >= 15 is 0 Å². The minimum atomic E-state index is -0.280. The van der Waals surface area contributed by atoms with Crippen LogP contribution in [0, 0.1) is 25.6 Å². The summed E-state index contributed by atoms with van der Waals surface area (Å²) in [7, 11) is 0. The highest BCUT2D eigenvalue weighted by molar-refractivity contribution is 8.04. The van der Waals surface area contributed by atoms with Gasteiger partial charge < -0.3 is 10.6 Å². The first-order chi connectivity index (χ1) is 17.0. The van der Waals surface area contributed by atoms with E-state index in [1.807, 2.05) is 38.1 Å². The molecule has 0 heterocycles. The number of rotatable bonds is 13. The molecular weight excluding hydrogens is 497 g/mol. The number of nitrogens with one attached hydrogen (secondary N) is 3. The molecule has 0 fully saturated rings. The van der Waals surface area contributed by atoms with E-state index in [0.717, 1.165) is 27.3 Å². The molecule has 2 aromatic carbocycles. The highest BCUT2D eigenvalue weighted by Crippen LogP contribution is 2.28. The quantitative estimate of drug-likeness (QED) is 0.142. The van der Waals surface area contributed by atoms with E-state index in [0.29, 0.717) is 17.2 Å².